The van der Waals surface area contributed by atoms with Crippen LogP contribution < -0.4 is 0 Å². The van der Waals surface area contributed by atoms with Crippen LogP contribution in [0.1, 0.15) is 67.2 Å². The fraction of sp³-hybridized carbons (Fsp3) is 0.880. The van der Waals surface area contributed by atoms with E-state index in [-0.39, 0.29) is 25.2 Å². The van der Waals surface area contributed by atoms with E-state index in [0.29, 0.717) is 77.4 Å². The van der Waals surface area contributed by atoms with Gasteiger partial charge < -0.3 is 41.7 Å². The van der Waals surface area contributed by atoms with Gasteiger partial charge in [0, 0.05) is 57.8 Å². The molecule has 0 aromatic rings. The molecule has 0 saturated heterocycles. The number of aliphatic hydroxyl groups excluding tert-OH is 2. The summed E-state index contributed by atoms with van der Waals surface area (Å²) < 4.78 is 35.9. The molecule has 0 saturated carbocycles. The van der Waals surface area contributed by atoms with Crippen LogP contribution in [0.2, 0.25) is 12.1 Å². The lowest BCUT2D eigenvalue weighted by atomic mass is 10.0. The average Bonchev–Trinajstić information content (AvgIpc) is 2.87. The molecular weight excluding hydrogens is 514 g/mol. The van der Waals surface area contributed by atoms with Crippen LogP contribution in [-0.4, -0.2) is 104 Å². The van der Waals surface area contributed by atoms with Crippen molar-refractivity contribution in [2.24, 2.45) is 0 Å². The maximum Gasteiger partial charge on any atom is 0.500 e. The first-order valence-corrected chi connectivity index (χ1v) is 17.7. The van der Waals surface area contributed by atoms with Crippen LogP contribution in [0.3, 0.4) is 0 Å². The van der Waals surface area contributed by atoms with Gasteiger partial charge in [-0.2, -0.15) is 0 Å². The number of rotatable bonds is 25. The van der Waals surface area contributed by atoms with Crippen molar-refractivity contribution in [2.45, 2.75) is 91.4 Å². The summed E-state index contributed by atoms with van der Waals surface area (Å²) in [4.78, 5) is 14.5. The van der Waals surface area contributed by atoms with Crippen LogP contribution in [0.25, 0.3) is 0 Å². The molecule has 0 aliphatic rings. The van der Waals surface area contributed by atoms with Crippen molar-refractivity contribution >= 4 is 23.5 Å². The van der Waals surface area contributed by atoms with E-state index in [1.54, 1.807) is 4.90 Å². The lowest BCUT2D eigenvalue weighted by molar-refractivity contribution is -0.133. The molecule has 0 aromatic carbocycles. The van der Waals surface area contributed by atoms with Gasteiger partial charge in [0.2, 0.25) is 5.91 Å². The fourth-order valence-corrected chi connectivity index (χ4v) is 9.81. The maximum absolute atomic E-state index is 12.9. The summed E-state index contributed by atoms with van der Waals surface area (Å²) in [5.74, 6) is -0.330. The third kappa shape index (κ3) is 12.8. The third-order valence-electron chi connectivity index (χ3n) is 5.86. The summed E-state index contributed by atoms with van der Waals surface area (Å²) in [7, 11) is -5.69. The molecular formula is C25H53NO9Si2. The highest BCUT2D eigenvalue weighted by molar-refractivity contribution is 6.61. The Hall–Kier alpha value is -0.676. The van der Waals surface area contributed by atoms with Crippen LogP contribution in [0.5, 0.6) is 0 Å². The van der Waals surface area contributed by atoms with Gasteiger partial charge in [0.1, 0.15) is 0 Å². The van der Waals surface area contributed by atoms with Gasteiger partial charge in [0.25, 0.3) is 0 Å². The number of aliphatic hydroxyl groups is 2. The van der Waals surface area contributed by atoms with Crippen LogP contribution in [0.15, 0.2) is 12.7 Å². The zero-order valence-corrected chi connectivity index (χ0v) is 26.0. The Morgan fingerprint density at radius 1 is 0.703 bits per heavy atom. The quantitative estimate of drug-likeness (QED) is 0.126. The lowest BCUT2D eigenvalue weighted by Crippen LogP contribution is -2.51. The van der Waals surface area contributed by atoms with Gasteiger partial charge in [0.05, 0.1) is 19.3 Å². The first-order chi connectivity index (χ1) is 17.8. The summed E-state index contributed by atoms with van der Waals surface area (Å²) in [6.45, 7) is 17.4. The number of amides is 1. The summed E-state index contributed by atoms with van der Waals surface area (Å²) in [5.41, 5.74) is 0. The summed E-state index contributed by atoms with van der Waals surface area (Å²) >= 11 is 0. The van der Waals surface area contributed by atoms with Gasteiger partial charge >= 0.3 is 17.6 Å². The molecule has 1 amide bonds. The topological polar surface area (TPSA) is 116 Å². The molecule has 0 unspecified atom stereocenters. The minimum atomic E-state index is -2.85. The van der Waals surface area contributed by atoms with E-state index in [4.69, 9.17) is 26.6 Å². The molecule has 2 N–H and O–H groups in total. The Morgan fingerprint density at radius 2 is 1.03 bits per heavy atom. The SMILES string of the molecule is C=CC(=O)N(C(CO)CO)C(CCC[Si](OCC)(OCC)OCC)CCC[Si](OCC)(OCC)OCC. The zero-order valence-electron chi connectivity index (χ0n) is 24.0. The van der Waals surface area contributed by atoms with Crippen molar-refractivity contribution in [1.29, 1.82) is 0 Å². The maximum atomic E-state index is 12.9. The number of hydrogen-bond acceptors (Lipinski definition) is 9. The Morgan fingerprint density at radius 3 is 1.27 bits per heavy atom. The predicted octanol–water partition coefficient (Wildman–Crippen LogP) is 3.38. The fourth-order valence-electron chi connectivity index (χ4n) is 4.53. The molecule has 10 nitrogen and oxygen atoms in total. The van der Waals surface area contributed by atoms with E-state index in [2.05, 4.69) is 6.58 Å². The van der Waals surface area contributed by atoms with Crippen molar-refractivity contribution in [3.05, 3.63) is 12.7 Å². The van der Waals surface area contributed by atoms with E-state index in [1.165, 1.54) is 6.08 Å². The van der Waals surface area contributed by atoms with E-state index in [9.17, 15) is 15.0 Å². The van der Waals surface area contributed by atoms with Crippen molar-refractivity contribution < 1.29 is 41.6 Å². The molecule has 12 heteroatoms. The van der Waals surface area contributed by atoms with Crippen molar-refractivity contribution in [3.8, 4) is 0 Å². The number of carbonyl (C=O) groups excluding carboxylic acids is 1. The molecule has 0 atom stereocenters. The first kappa shape index (κ1) is 36.3. The molecule has 0 radical (unpaired) electrons. The first-order valence-electron chi connectivity index (χ1n) is 13.8. The highest BCUT2D eigenvalue weighted by Gasteiger charge is 2.42. The summed E-state index contributed by atoms with van der Waals surface area (Å²) in [6.07, 6.45) is 3.83. The van der Waals surface area contributed by atoms with E-state index >= 15 is 0 Å². The Balaban J connectivity index is 5.83. The summed E-state index contributed by atoms with van der Waals surface area (Å²) in [6, 6.07) is 0.222. The minimum Gasteiger partial charge on any atom is -0.394 e. The third-order valence-corrected chi connectivity index (χ3v) is 12.2. The number of nitrogens with zero attached hydrogens (tertiary/aromatic N) is 1. The van der Waals surface area contributed by atoms with Crippen molar-refractivity contribution in [2.75, 3.05) is 52.9 Å². The smallest absolute Gasteiger partial charge is 0.394 e. The molecule has 0 heterocycles. The van der Waals surface area contributed by atoms with E-state index in [1.807, 2.05) is 41.5 Å². The molecule has 0 fully saturated rings. The van der Waals surface area contributed by atoms with Crippen LogP contribution in [-0.2, 0) is 31.4 Å². The van der Waals surface area contributed by atoms with Crippen molar-refractivity contribution in [1.82, 2.24) is 4.90 Å². The van der Waals surface area contributed by atoms with Crippen LogP contribution >= 0.6 is 0 Å². The Labute approximate surface area is 227 Å². The Kier molecular flexibility index (Phi) is 20.8. The molecule has 0 rings (SSSR count). The standard InChI is InChI=1S/C25H53NO9Si2/c1-8-25(29)26(24(21-27)22-28)23(17-15-19-36(30-9-2,31-10-3)32-11-4)18-16-20-37(33-12-5,34-13-6)35-14-7/h8,23-24,27-28H,1,9-22H2,2-7H3. The van der Waals surface area contributed by atoms with Crippen LogP contribution in [0.4, 0.5) is 0 Å². The molecule has 37 heavy (non-hydrogen) atoms. The number of carbonyl (C=O) groups is 1. The normalized spacial score (nSPS) is 12.5. The molecule has 0 aliphatic heterocycles. The van der Waals surface area contributed by atoms with Gasteiger partial charge in [0.15, 0.2) is 0 Å². The van der Waals surface area contributed by atoms with Gasteiger partial charge in [-0.05, 0) is 73.3 Å². The van der Waals surface area contributed by atoms with E-state index in [0.717, 1.165) is 0 Å². The second-order valence-electron chi connectivity index (χ2n) is 8.37. The lowest BCUT2D eigenvalue weighted by Gasteiger charge is -2.37. The highest BCUT2D eigenvalue weighted by Crippen LogP contribution is 2.27. The van der Waals surface area contributed by atoms with Gasteiger partial charge in [-0.3, -0.25) is 4.79 Å². The van der Waals surface area contributed by atoms with Gasteiger partial charge in [-0.15, -0.1) is 0 Å². The zero-order chi connectivity index (χ0) is 28.2. The molecule has 0 aromatic heterocycles. The van der Waals surface area contributed by atoms with E-state index < -0.39 is 23.7 Å². The second-order valence-corrected chi connectivity index (χ2v) is 13.8. The highest BCUT2D eigenvalue weighted by atomic mass is 28.4. The Bertz CT molecular complexity index is 530. The van der Waals surface area contributed by atoms with Crippen molar-refractivity contribution in [3.63, 3.8) is 0 Å². The summed E-state index contributed by atoms with van der Waals surface area (Å²) in [5, 5.41) is 19.8. The predicted molar refractivity (Wildman–Crippen MR) is 148 cm³/mol. The average molecular weight is 568 g/mol. The molecule has 0 spiro atoms. The molecule has 220 valence electrons. The number of hydrogen-bond donors (Lipinski definition) is 2. The molecule has 0 aliphatic carbocycles. The second kappa shape index (κ2) is 21.2. The van der Waals surface area contributed by atoms with Gasteiger partial charge in [-0.1, -0.05) is 6.58 Å². The molecule has 0 bridgehead atoms. The minimum absolute atomic E-state index is 0.261. The monoisotopic (exact) mass is 567 g/mol. The van der Waals surface area contributed by atoms with Gasteiger partial charge in [-0.25, -0.2) is 0 Å². The largest absolute Gasteiger partial charge is 0.500 e. The van der Waals surface area contributed by atoms with Crippen LogP contribution in [0, 0.1) is 0 Å².